The van der Waals surface area contributed by atoms with Crippen molar-refractivity contribution in [1.82, 2.24) is 24.6 Å². The van der Waals surface area contributed by atoms with E-state index < -0.39 is 5.54 Å². The van der Waals surface area contributed by atoms with Crippen molar-refractivity contribution in [3.05, 3.63) is 40.3 Å². The number of nitrogens with two attached hydrogens (primary N) is 1. The van der Waals surface area contributed by atoms with Gasteiger partial charge in [0, 0.05) is 61.5 Å². The molecule has 3 aromatic heterocycles. The van der Waals surface area contributed by atoms with Crippen LogP contribution in [0.1, 0.15) is 63.5 Å². The molecule has 10 heteroatoms. The fourth-order valence-corrected chi connectivity index (χ4v) is 6.61. The summed E-state index contributed by atoms with van der Waals surface area (Å²) in [6.07, 6.45) is 2.29. The molecule has 0 aromatic carbocycles. The maximum absolute atomic E-state index is 13.4. The van der Waals surface area contributed by atoms with Gasteiger partial charge in [-0.3, -0.25) is 9.48 Å². The lowest BCUT2D eigenvalue weighted by molar-refractivity contribution is 0.0721. The first-order valence-corrected chi connectivity index (χ1v) is 14.7. The van der Waals surface area contributed by atoms with Crippen molar-refractivity contribution in [1.29, 1.82) is 0 Å². The molecular formula is C29H39N7O2S. The van der Waals surface area contributed by atoms with Crippen molar-refractivity contribution >= 4 is 23.1 Å². The van der Waals surface area contributed by atoms with E-state index in [0.29, 0.717) is 30.1 Å². The minimum absolute atomic E-state index is 0.000956. The van der Waals surface area contributed by atoms with Crippen LogP contribution in [0.2, 0.25) is 0 Å². The first-order valence-electron chi connectivity index (χ1n) is 13.8. The molecule has 2 aliphatic heterocycles. The molecule has 0 spiro atoms. The highest BCUT2D eigenvalue weighted by Gasteiger charge is 2.69. The van der Waals surface area contributed by atoms with Gasteiger partial charge in [0.15, 0.2) is 0 Å². The van der Waals surface area contributed by atoms with E-state index in [4.69, 9.17) is 15.5 Å². The summed E-state index contributed by atoms with van der Waals surface area (Å²) in [6.45, 7) is 14.2. The quantitative estimate of drug-likeness (QED) is 0.489. The molecule has 6 rings (SSSR count). The number of pyridine rings is 1. The van der Waals surface area contributed by atoms with Crippen molar-refractivity contribution in [2.45, 2.75) is 59.1 Å². The van der Waals surface area contributed by atoms with Gasteiger partial charge in [-0.15, -0.1) is 11.3 Å². The number of thiazole rings is 1. The molecule has 1 saturated carbocycles. The number of ether oxygens (including phenoxy) is 1. The summed E-state index contributed by atoms with van der Waals surface area (Å²) in [5.74, 6) is 1.84. The number of likely N-dealkylation sites (tertiary alicyclic amines) is 1. The van der Waals surface area contributed by atoms with Crippen LogP contribution in [0.4, 0.5) is 5.82 Å². The third kappa shape index (κ3) is 4.82. The van der Waals surface area contributed by atoms with E-state index in [1.54, 1.807) is 10.2 Å². The van der Waals surface area contributed by atoms with E-state index >= 15 is 0 Å². The van der Waals surface area contributed by atoms with Crippen molar-refractivity contribution in [2.75, 3.05) is 31.1 Å². The smallest absolute Gasteiger partial charge is 0.272 e. The summed E-state index contributed by atoms with van der Waals surface area (Å²) in [6, 6.07) is 5.95. The van der Waals surface area contributed by atoms with E-state index in [1.165, 1.54) is 11.3 Å². The number of nitrogens with zero attached hydrogens (tertiary/aromatic N) is 6. The third-order valence-corrected chi connectivity index (χ3v) is 9.59. The maximum atomic E-state index is 13.4. The van der Waals surface area contributed by atoms with Crippen molar-refractivity contribution in [2.24, 2.45) is 29.5 Å². The molecule has 3 aromatic rings. The molecule has 0 radical (unpaired) electrons. The second-order valence-electron chi connectivity index (χ2n) is 13.2. The average molecular weight is 550 g/mol. The number of rotatable bonds is 6. The Kier molecular flexibility index (Phi) is 6.07. The zero-order valence-corrected chi connectivity index (χ0v) is 24.6. The zero-order chi connectivity index (χ0) is 27.7. The SMILES string of the molecule is Cn1nc(-c2cscn2)cc1C(=O)N1C[C@H]2[C@H](Oc3cc(C(C)(C)N)cc(N4CCC(C)(C)CC4)n3)[C@@]2(C)C1. The minimum atomic E-state index is -0.502. The van der Waals surface area contributed by atoms with Gasteiger partial charge in [-0.1, -0.05) is 20.8 Å². The van der Waals surface area contributed by atoms with Crippen LogP contribution in [-0.4, -0.2) is 62.8 Å². The fraction of sp³-hybridized carbons (Fsp3) is 0.586. The van der Waals surface area contributed by atoms with Gasteiger partial charge in [0.2, 0.25) is 5.88 Å². The first-order chi connectivity index (χ1) is 18.3. The lowest BCUT2D eigenvalue weighted by atomic mass is 9.82. The topological polar surface area (TPSA) is 102 Å². The van der Waals surface area contributed by atoms with Gasteiger partial charge >= 0.3 is 0 Å². The van der Waals surface area contributed by atoms with Crippen LogP contribution >= 0.6 is 11.3 Å². The van der Waals surface area contributed by atoms with Crippen molar-refractivity contribution in [3.63, 3.8) is 0 Å². The largest absolute Gasteiger partial charge is 0.473 e. The summed E-state index contributed by atoms with van der Waals surface area (Å²) >= 11 is 1.52. The molecule has 0 bridgehead atoms. The van der Waals surface area contributed by atoms with Gasteiger partial charge < -0.3 is 20.3 Å². The van der Waals surface area contributed by atoms with Gasteiger partial charge in [-0.25, -0.2) is 4.98 Å². The van der Waals surface area contributed by atoms with Gasteiger partial charge in [-0.2, -0.15) is 10.1 Å². The lowest BCUT2D eigenvalue weighted by Crippen LogP contribution is -2.38. The number of aryl methyl sites for hydroxylation is 1. The molecule has 9 nitrogen and oxygen atoms in total. The van der Waals surface area contributed by atoms with Gasteiger partial charge in [0.05, 0.1) is 5.51 Å². The molecule has 1 amide bonds. The number of piperidine rings is 2. The van der Waals surface area contributed by atoms with Crippen LogP contribution in [0.5, 0.6) is 5.88 Å². The summed E-state index contributed by atoms with van der Waals surface area (Å²) in [7, 11) is 1.81. The normalized spacial score (nSPS) is 26.0. The Hall–Kier alpha value is -2.98. The number of hydrogen-bond donors (Lipinski definition) is 1. The number of amides is 1. The number of carbonyl (C=O) groups is 1. The molecule has 3 atom stereocenters. The summed E-state index contributed by atoms with van der Waals surface area (Å²) in [5, 5.41) is 6.45. The van der Waals surface area contributed by atoms with Gasteiger partial charge in [0.1, 0.15) is 29.0 Å². The Labute approximate surface area is 234 Å². The maximum Gasteiger partial charge on any atom is 0.272 e. The second-order valence-corrected chi connectivity index (χ2v) is 13.9. The minimum Gasteiger partial charge on any atom is -0.473 e. The van der Waals surface area contributed by atoms with Crippen molar-refractivity contribution < 1.29 is 9.53 Å². The van der Waals surface area contributed by atoms with Crippen LogP contribution in [-0.2, 0) is 12.6 Å². The summed E-state index contributed by atoms with van der Waals surface area (Å²) < 4.78 is 8.22. The predicted octanol–water partition coefficient (Wildman–Crippen LogP) is 4.30. The number of carbonyl (C=O) groups excluding carboxylic acids is 1. The number of fused-ring (bicyclic) bond motifs is 1. The van der Waals surface area contributed by atoms with Gasteiger partial charge in [0.25, 0.3) is 5.91 Å². The Morgan fingerprint density at radius 1 is 1.15 bits per heavy atom. The Morgan fingerprint density at radius 2 is 1.90 bits per heavy atom. The van der Waals surface area contributed by atoms with E-state index in [-0.39, 0.29) is 23.3 Å². The van der Waals surface area contributed by atoms with Crippen LogP contribution < -0.4 is 15.4 Å². The van der Waals surface area contributed by atoms with E-state index in [9.17, 15) is 4.79 Å². The molecule has 3 aliphatic rings. The molecule has 208 valence electrons. The van der Waals surface area contributed by atoms with Crippen molar-refractivity contribution in [3.8, 4) is 17.3 Å². The molecule has 2 N–H and O–H groups in total. The van der Waals surface area contributed by atoms with E-state index in [0.717, 1.165) is 48.7 Å². The molecule has 0 unspecified atom stereocenters. The standard InChI is InChI=1S/C29H39N7O2S/c1-27(2)7-9-35(10-8-27)23-11-18(28(3,4)30)12-24(32-23)38-25-19-14-36(16-29(19,25)5)26(37)22-13-20(33-34(22)6)21-15-39-17-31-21/h11-13,15,17,19,25H,7-10,14,16,30H2,1-6H3/t19-,25-,29-/m0/s1. The third-order valence-electron chi connectivity index (χ3n) is 9.00. The fourth-order valence-electron chi connectivity index (χ4n) is 6.06. The molecule has 2 saturated heterocycles. The van der Waals surface area contributed by atoms with Crippen LogP contribution in [0.15, 0.2) is 29.1 Å². The monoisotopic (exact) mass is 549 g/mol. The molecule has 39 heavy (non-hydrogen) atoms. The highest BCUT2D eigenvalue weighted by Crippen LogP contribution is 2.59. The Morgan fingerprint density at radius 3 is 2.51 bits per heavy atom. The summed E-state index contributed by atoms with van der Waals surface area (Å²) in [4.78, 5) is 27.0. The highest BCUT2D eigenvalue weighted by molar-refractivity contribution is 7.07. The molecular weight excluding hydrogens is 510 g/mol. The number of anilines is 1. The average Bonchev–Trinajstić information content (AvgIpc) is 3.41. The number of hydrogen-bond acceptors (Lipinski definition) is 8. The Balaban J connectivity index is 1.16. The van der Waals surface area contributed by atoms with Crippen LogP contribution in [0.3, 0.4) is 0 Å². The highest BCUT2D eigenvalue weighted by atomic mass is 32.1. The van der Waals surface area contributed by atoms with Crippen LogP contribution in [0, 0.1) is 16.7 Å². The number of aromatic nitrogens is 4. The molecule has 3 fully saturated rings. The first kappa shape index (κ1) is 26.3. The van der Waals surface area contributed by atoms with E-state index in [2.05, 4.69) is 41.8 Å². The molecule has 1 aliphatic carbocycles. The predicted molar refractivity (Wildman–Crippen MR) is 153 cm³/mol. The Bertz CT molecular complexity index is 1380. The lowest BCUT2D eigenvalue weighted by Gasteiger charge is -2.38. The molecule has 5 heterocycles. The zero-order valence-electron chi connectivity index (χ0n) is 23.8. The van der Waals surface area contributed by atoms with Crippen LogP contribution in [0.25, 0.3) is 11.4 Å². The summed E-state index contributed by atoms with van der Waals surface area (Å²) in [5.41, 5.74) is 11.2. The second kappa shape index (κ2) is 9.02. The van der Waals surface area contributed by atoms with Gasteiger partial charge in [-0.05, 0) is 49.8 Å². The van der Waals surface area contributed by atoms with E-state index in [1.807, 2.05) is 43.3 Å².